The van der Waals surface area contributed by atoms with E-state index in [-0.39, 0.29) is 18.9 Å². The number of unbranched alkanes of at least 4 members (excludes halogenated alkanes) is 26. The number of hydrogen-bond donors (Lipinski definition) is 9. The molecule has 0 aromatic carbocycles. The molecule has 2 fully saturated rings. The summed E-state index contributed by atoms with van der Waals surface area (Å²) in [7, 11) is 0. The first kappa shape index (κ1) is 60.6. The lowest BCUT2D eigenvalue weighted by atomic mass is 9.97. The first-order valence-corrected chi connectivity index (χ1v) is 26.6. The summed E-state index contributed by atoms with van der Waals surface area (Å²) < 4.78 is 22.7. The Morgan fingerprint density at radius 2 is 0.955 bits per heavy atom. The van der Waals surface area contributed by atoms with Gasteiger partial charge >= 0.3 is 0 Å². The van der Waals surface area contributed by atoms with Gasteiger partial charge in [-0.3, -0.25) is 4.79 Å². The molecule has 0 aromatic rings. The zero-order valence-corrected chi connectivity index (χ0v) is 41.2. The lowest BCUT2D eigenvalue weighted by molar-refractivity contribution is -0.359. The van der Waals surface area contributed by atoms with Crippen molar-refractivity contribution in [2.75, 3.05) is 19.8 Å². The molecule has 12 atom stereocenters. The summed E-state index contributed by atoms with van der Waals surface area (Å²) in [5.74, 6) is -0.248. The topological polar surface area (TPSA) is 228 Å². The van der Waals surface area contributed by atoms with Crippen molar-refractivity contribution in [3.05, 3.63) is 24.3 Å². The Labute approximate surface area is 398 Å². The predicted octanol–water partition coefficient (Wildman–Crippen LogP) is 7.33. The van der Waals surface area contributed by atoms with Gasteiger partial charge in [0.1, 0.15) is 48.8 Å². The molecule has 14 nitrogen and oxygen atoms in total. The molecular weight excluding hydrogens is 847 g/mol. The van der Waals surface area contributed by atoms with E-state index in [2.05, 4.69) is 31.3 Å². The second kappa shape index (κ2) is 39.2. The lowest BCUT2D eigenvalue weighted by Gasteiger charge is -2.46. The van der Waals surface area contributed by atoms with Gasteiger partial charge in [-0.05, 0) is 44.9 Å². The van der Waals surface area contributed by atoms with Crippen LogP contribution in [-0.2, 0) is 23.7 Å². The fourth-order valence-electron chi connectivity index (χ4n) is 8.76. The van der Waals surface area contributed by atoms with E-state index < -0.39 is 86.8 Å². The van der Waals surface area contributed by atoms with Gasteiger partial charge in [-0.15, -0.1) is 0 Å². The number of allylic oxidation sites excluding steroid dienone is 3. The molecule has 388 valence electrons. The van der Waals surface area contributed by atoms with Gasteiger partial charge in [-0.25, -0.2) is 0 Å². The smallest absolute Gasteiger partial charge is 0.220 e. The first-order chi connectivity index (χ1) is 32.1. The van der Waals surface area contributed by atoms with E-state index in [1.54, 1.807) is 6.08 Å². The van der Waals surface area contributed by atoms with E-state index in [0.717, 1.165) is 57.8 Å². The molecule has 0 aromatic heterocycles. The van der Waals surface area contributed by atoms with Crippen molar-refractivity contribution < 1.29 is 64.6 Å². The van der Waals surface area contributed by atoms with E-state index in [1.807, 2.05) is 6.08 Å². The van der Waals surface area contributed by atoms with Crippen LogP contribution in [0.25, 0.3) is 0 Å². The van der Waals surface area contributed by atoms with E-state index in [0.29, 0.717) is 6.42 Å². The van der Waals surface area contributed by atoms with Crippen molar-refractivity contribution in [3.63, 3.8) is 0 Å². The van der Waals surface area contributed by atoms with Gasteiger partial charge in [0.25, 0.3) is 0 Å². The van der Waals surface area contributed by atoms with E-state index in [9.17, 15) is 45.6 Å². The van der Waals surface area contributed by atoms with Gasteiger partial charge in [-0.1, -0.05) is 179 Å². The van der Waals surface area contributed by atoms with Crippen LogP contribution in [0, 0.1) is 0 Å². The Morgan fingerprint density at radius 3 is 1.44 bits per heavy atom. The molecule has 12 unspecified atom stereocenters. The van der Waals surface area contributed by atoms with Gasteiger partial charge in [0.15, 0.2) is 12.6 Å². The number of ether oxygens (including phenoxy) is 4. The molecule has 2 heterocycles. The number of nitrogens with one attached hydrogen (secondary N) is 1. The van der Waals surface area contributed by atoms with E-state index in [1.165, 1.54) is 122 Å². The zero-order valence-electron chi connectivity index (χ0n) is 41.2. The molecule has 14 heteroatoms. The highest BCUT2D eigenvalue weighted by atomic mass is 16.7. The monoisotopic (exact) mass is 944 g/mol. The predicted molar refractivity (Wildman–Crippen MR) is 258 cm³/mol. The molecule has 2 aliphatic rings. The maximum atomic E-state index is 13.2. The molecule has 0 bridgehead atoms. The van der Waals surface area contributed by atoms with E-state index in [4.69, 9.17) is 18.9 Å². The van der Waals surface area contributed by atoms with Crippen LogP contribution in [-0.4, -0.2) is 140 Å². The third kappa shape index (κ3) is 25.9. The number of hydrogen-bond acceptors (Lipinski definition) is 13. The van der Waals surface area contributed by atoms with Crippen molar-refractivity contribution >= 4 is 5.91 Å². The van der Waals surface area contributed by atoms with E-state index >= 15 is 0 Å². The number of rotatable bonds is 41. The van der Waals surface area contributed by atoms with Crippen molar-refractivity contribution in [1.29, 1.82) is 0 Å². The maximum Gasteiger partial charge on any atom is 0.220 e. The highest BCUT2D eigenvalue weighted by molar-refractivity contribution is 5.76. The summed E-state index contributed by atoms with van der Waals surface area (Å²) >= 11 is 0. The molecule has 2 rings (SSSR count). The van der Waals surface area contributed by atoms with Crippen molar-refractivity contribution in [3.8, 4) is 0 Å². The minimum Gasteiger partial charge on any atom is -0.394 e. The molecular formula is C52H97NO13. The normalized spacial score (nSPS) is 26.9. The van der Waals surface area contributed by atoms with Crippen molar-refractivity contribution in [2.24, 2.45) is 0 Å². The summed E-state index contributed by atoms with van der Waals surface area (Å²) in [6, 6.07) is -0.915. The standard InChI is InChI=1S/C52H97NO13/c1-3-5-7-9-11-13-15-17-19-21-23-25-27-29-31-33-35-41(56)40(53-44(57)36-34-32-30-28-26-24-22-20-18-16-14-12-10-8-6-4-2)39-63-51-49(62)47(60)50(43(38-55)65-51)66-52-48(61)46(59)45(58)42(37-54)64-52/h20,22,33,35,40-43,45-52,54-56,58-62H,3-19,21,23-32,34,36-39H2,1-2H3,(H,53,57)/b22-20-,35-33+. The molecule has 0 saturated carbocycles. The second-order valence-corrected chi connectivity index (χ2v) is 19.0. The molecule has 2 aliphatic heterocycles. The SMILES string of the molecule is CCCCCCCCC/C=C\CCCCCCCC(=O)NC(COC1OC(CO)C(OC2OC(CO)C(O)C(O)C2O)C(O)C1O)C(O)/C=C/CCCCCCCCCCCCCCCC. The van der Waals surface area contributed by atoms with Crippen LogP contribution < -0.4 is 5.32 Å². The number of aliphatic hydroxyl groups is 8. The van der Waals surface area contributed by atoms with Crippen LogP contribution in [0.2, 0.25) is 0 Å². The van der Waals surface area contributed by atoms with Crippen LogP contribution in [0.5, 0.6) is 0 Å². The molecule has 2 saturated heterocycles. The molecule has 66 heavy (non-hydrogen) atoms. The van der Waals surface area contributed by atoms with Gasteiger partial charge < -0.3 is 65.1 Å². The molecule has 1 amide bonds. The fourth-order valence-corrected chi connectivity index (χ4v) is 8.76. The van der Waals surface area contributed by atoms with Crippen LogP contribution in [0.15, 0.2) is 24.3 Å². The first-order valence-electron chi connectivity index (χ1n) is 26.6. The molecule has 0 spiro atoms. The summed E-state index contributed by atoms with van der Waals surface area (Å²) in [5, 5.41) is 86.8. The minimum atomic E-state index is -1.79. The average Bonchev–Trinajstić information content (AvgIpc) is 3.31. The minimum absolute atomic E-state index is 0.248. The summed E-state index contributed by atoms with van der Waals surface area (Å²) in [5.41, 5.74) is 0. The zero-order chi connectivity index (χ0) is 48.2. The quantitative estimate of drug-likeness (QED) is 0.0216. The molecule has 0 radical (unpaired) electrons. The third-order valence-corrected chi connectivity index (χ3v) is 13.1. The Balaban J connectivity index is 1.84. The largest absolute Gasteiger partial charge is 0.394 e. The Bertz CT molecular complexity index is 1210. The number of carbonyl (C=O) groups is 1. The summed E-state index contributed by atoms with van der Waals surface area (Å²) in [6.45, 7) is 2.78. The summed E-state index contributed by atoms with van der Waals surface area (Å²) in [4.78, 5) is 13.2. The Hall–Kier alpha value is -1.53. The highest BCUT2D eigenvalue weighted by Crippen LogP contribution is 2.30. The third-order valence-electron chi connectivity index (χ3n) is 13.1. The number of amides is 1. The maximum absolute atomic E-state index is 13.2. The van der Waals surface area contributed by atoms with Gasteiger partial charge in [0.05, 0.1) is 32.0 Å². The van der Waals surface area contributed by atoms with Gasteiger partial charge in [-0.2, -0.15) is 0 Å². The van der Waals surface area contributed by atoms with Crippen LogP contribution in [0.1, 0.15) is 206 Å². The lowest BCUT2D eigenvalue weighted by Crippen LogP contribution is -2.65. The van der Waals surface area contributed by atoms with Crippen LogP contribution in [0.3, 0.4) is 0 Å². The molecule has 0 aliphatic carbocycles. The van der Waals surface area contributed by atoms with Gasteiger partial charge in [0.2, 0.25) is 5.91 Å². The molecule has 9 N–H and O–H groups in total. The van der Waals surface area contributed by atoms with Gasteiger partial charge in [0, 0.05) is 6.42 Å². The Morgan fingerprint density at radius 1 is 0.530 bits per heavy atom. The number of aliphatic hydroxyl groups excluding tert-OH is 8. The Kier molecular flexibility index (Phi) is 36.0. The second-order valence-electron chi connectivity index (χ2n) is 19.0. The average molecular weight is 944 g/mol. The highest BCUT2D eigenvalue weighted by Gasteiger charge is 2.51. The number of carbonyl (C=O) groups excluding carboxylic acids is 1. The van der Waals surface area contributed by atoms with Crippen LogP contribution >= 0.6 is 0 Å². The fraction of sp³-hybridized carbons (Fsp3) is 0.904. The summed E-state index contributed by atoms with van der Waals surface area (Å²) in [6.07, 6.45) is 26.4. The van der Waals surface area contributed by atoms with Crippen molar-refractivity contribution in [2.45, 2.75) is 280 Å². The van der Waals surface area contributed by atoms with Crippen LogP contribution in [0.4, 0.5) is 0 Å². The van der Waals surface area contributed by atoms with Crippen molar-refractivity contribution in [1.82, 2.24) is 5.32 Å².